The highest BCUT2D eigenvalue weighted by Crippen LogP contribution is 2.37. The summed E-state index contributed by atoms with van der Waals surface area (Å²) >= 11 is 0. The number of rotatable bonds is 6. The first kappa shape index (κ1) is 14.9. The number of benzene rings is 1. The van der Waals surface area contributed by atoms with Gasteiger partial charge in [0.25, 0.3) is 0 Å². The SMILES string of the molecule is COc1ccc(C2CCCC2)cc1C(N)CCC(=O)O. The zero-order valence-electron chi connectivity index (χ0n) is 12.0. The summed E-state index contributed by atoms with van der Waals surface area (Å²) < 4.78 is 5.36. The molecule has 20 heavy (non-hydrogen) atoms. The van der Waals surface area contributed by atoms with E-state index < -0.39 is 5.97 Å². The first-order valence-corrected chi connectivity index (χ1v) is 7.27. The maximum absolute atomic E-state index is 10.7. The van der Waals surface area contributed by atoms with E-state index in [0.29, 0.717) is 12.3 Å². The molecule has 1 fully saturated rings. The van der Waals surface area contributed by atoms with E-state index in [1.807, 2.05) is 6.07 Å². The van der Waals surface area contributed by atoms with E-state index in [9.17, 15) is 4.79 Å². The molecule has 1 atom stereocenters. The lowest BCUT2D eigenvalue weighted by molar-refractivity contribution is -0.137. The third kappa shape index (κ3) is 3.51. The molecule has 0 spiro atoms. The normalized spacial score (nSPS) is 17.1. The molecule has 4 nitrogen and oxygen atoms in total. The van der Waals surface area contributed by atoms with Gasteiger partial charge < -0.3 is 15.6 Å². The summed E-state index contributed by atoms with van der Waals surface area (Å²) in [6.07, 6.45) is 5.55. The van der Waals surface area contributed by atoms with Gasteiger partial charge in [-0.3, -0.25) is 4.79 Å². The highest BCUT2D eigenvalue weighted by atomic mass is 16.5. The average Bonchev–Trinajstić information content (AvgIpc) is 2.98. The number of carboxylic acid groups (broad SMARTS) is 1. The largest absolute Gasteiger partial charge is 0.496 e. The molecule has 1 unspecified atom stereocenters. The van der Waals surface area contributed by atoms with E-state index >= 15 is 0 Å². The Balaban J connectivity index is 2.19. The molecule has 0 bridgehead atoms. The van der Waals surface area contributed by atoms with Crippen LogP contribution in [0.2, 0.25) is 0 Å². The van der Waals surface area contributed by atoms with Gasteiger partial charge in [-0.2, -0.15) is 0 Å². The van der Waals surface area contributed by atoms with Crippen LogP contribution in [0.3, 0.4) is 0 Å². The van der Waals surface area contributed by atoms with E-state index in [2.05, 4.69) is 12.1 Å². The molecule has 0 saturated heterocycles. The summed E-state index contributed by atoms with van der Waals surface area (Å²) in [4.78, 5) is 10.7. The molecular weight excluding hydrogens is 254 g/mol. The van der Waals surface area contributed by atoms with Crippen LogP contribution in [0.5, 0.6) is 5.75 Å². The Bertz CT molecular complexity index is 467. The van der Waals surface area contributed by atoms with Gasteiger partial charge in [0, 0.05) is 18.0 Å². The van der Waals surface area contributed by atoms with E-state index in [0.717, 1.165) is 11.3 Å². The fourth-order valence-corrected chi connectivity index (χ4v) is 2.99. The van der Waals surface area contributed by atoms with Crippen LogP contribution in [-0.2, 0) is 4.79 Å². The lowest BCUT2D eigenvalue weighted by atomic mass is 9.92. The maximum atomic E-state index is 10.7. The number of methoxy groups -OCH3 is 1. The summed E-state index contributed by atoms with van der Waals surface area (Å²) in [7, 11) is 1.62. The number of ether oxygens (including phenoxy) is 1. The van der Waals surface area contributed by atoms with Crippen LogP contribution < -0.4 is 10.5 Å². The number of hydrogen-bond acceptors (Lipinski definition) is 3. The minimum Gasteiger partial charge on any atom is -0.496 e. The van der Waals surface area contributed by atoms with Crippen molar-refractivity contribution in [2.45, 2.75) is 50.5 Å². The van der Waals surface area contributed by atoms with Gasteiger partial charge in [-0.05, 0) is 36.8 Å². The van der Waals surface area contributed by atoms with Crippen LogP contribution >= 0.6 is 0 Å². The van der Waals surface area contributed by atoms with Crippen LogP contribution in [0.15, 0.2) is 18.2 Å². The van der Waals surface area contributed by atoms with Crippen LogP contribution in [-0.4, -0.2) is 18.2 Å². The number of nitrogens with two attached hydrogens (primary N) is 1. The molecule has 3 N–H and O–H groups in total. The molecule has 1 aliphatic rings. The summed E-state index contributed by atoms with van der Waals surface area (Å²) in [6, 6.07) is 5.90. The van der Waals surface area contributed by atoms with Gasteiger partial charge in [-0.25, -0.2) is 0 Å². The zero-order chi connectivity index (χ0) is 14.5. The number of carboxylic acids is 1. The Hall–Kier alpha value is -1.55. The van der Waals surface area contributed by atoms with Crippen LogP contribution in [0.4, 0.5) is 0 Å². The molecular formula is C16H23NO3. The average molecular weight is 277 g/mol. The van der Waals surface area contributed by atoms with Gasteiger partial charge >= 0.3 is 5.97 Å². The number of carbonyl (C=O) groups is 1. The van der Waals surface area contributed by atoms with Crippen molar-refractivity contribution in [3.8, 4) is 5.75 Å². The van der Waals surface area contributed by atoms with Crippen molar-refractivity contribution in [1.29, 1.82) is 0 Å². The van der Waals surface area contributed by atoms with E-state index in [4.69, 9.17) is 15.6 Å². The fraction of sp³-hybridized carbons (Fsp3) is 0.562. The highest BCUT2D eigenvalue weighted by Gasteiger charge is 2.20. The van der Waals surface area contributed by atoms with Crippen molar-refractivity contribution in [2.75, 3.05) is 7.11 Å². The topological polar surface area (TPSA) is 72.5 Å². The highest BCUT2D eigenvalue weighted by molar-refractivity contribution is 5.66. The van der Waals surface area contributed by atoms with Gasteiger partial charge in [-0.1, -0.05) is 25.0 Å². The Labute approximate surface area is 119 Å². The molecule has 0 aromatic heterocycles. The molecule has 110 valence electrons. The molecule has 1 aromatic rings. The van der Waals surface area contributed by atoms with Crippen molar-refractivity contribution in [1.82, 2.24) is 0 Å². The summed E-state index contributed by atoms with van der Waals surface area (Å²) in [5.74, 6) is 0.558. The molecule has 0 aliphatic heterocycles. The quantitative estimate of drug-likeness (QED) is 0.837. The molecule has 4 heteroatoms. The second-order valence-corrected chi connectivity index (χ2v) is 5.52. The van der Waals surface area contributed by atoms with Crippen LogP contribution in [0.1, 0.15) is 61.6 Å². The van der Waals surface area contributed by atoms with Crippen molar-refractivity contribution in [2.24, 2.45) is 5.73 Å². The first-order chi connectivity index (χ1) is 9.61. The summed E-state index contributed by atoms with van der Waals surface area (Å²) in [5, 5.41) is 8.78. The third-order valence-electron chi connectivity index (χ3n) is 4.15. The lowest BCUT2D eigenvalue weighted by Gasteiger charge is -2.18. The van der Waals surface area contributed by atoms with Gasteiger partial charge in [0.05, 0.1) is 7.11 Å². The molecule has 0 radical (unpaired) electrons. The first-order valence-electron chi connectivity index (χ1n) is 7.27. The minimum absolute atomic E-state index is 0.0813. The smallest absolute Gasteiger partial charge is 0.303 e. The molecule has 0 heterocycles. The molecule has 1 aromatic carbocycles. The second-order valence-electron chi connectivity index (χ2n) is 5.52. The van der Waals surface area contributed by atoms with E-state index in [1.54, 1.807) is 7.11 Å². The molecule has 1 saturated carbocycles. The maximum Gasteiger partial charge on any atom is 0.303 e. The van der Waals surface area contributed by atoms with Crippen molar-refractivity contribution < 1.29 is 14.6 Å². The van der Waals surface area contributed by atoms with E-state index in [1.165, 1.54) is 31.2 Å². The monoisotopic (exact) mass is 277 g/mol. The van der Waals surface area contributed by atoms with Gasteiger partial charge in [0.2, 0.25) is 0 Å². The Morgan fingerprint density at radius 3 is 2.75 bits per heavy atom. The second kappa shape index (κ2) is 6.75. The Kier molecular flexibility index (Phi) is 5.01. The molecule has 2 rings (SSSR count). The fourth-order valence-electron chi connectivity index (χ4n) is 2.99. The van der Waals surface area contributed by atoms with Crippen LogP contribution in [0.25, 0.3) is 0 Å². The predicted octanol–water partition coefficient (Wildman–Crippen LogP) is 3.22. The van der Waals surface area contributed by atoms with Crippen molar-refractivity contribution in [3.63, 3.8) is 0 Å². The third-order valence-corrected chi connectivity index (χ3v) is 4.15. The van der Waals surface area contributed by atoms with Gasteiger partial charge in [-0.15, -0.1) is 0 Å². The minimum atomic E-state index is -0.814. The Morgan fingerprint density at radius 2 is 2.15 bits per heavy atom. The van der Waals surface area contributed by atoms with Gasteiger partial charge in [0.15, 0.2) is 0 Å². The van der Waals surface area contributed by atoms with Crippen molar-refractivity contribution in [3.05, 3.63) is 29.3 Å². The molecule has 0 amide bonds. The number of hydrogen-bond donors (Lipinski definition) is 2. The summed E-state index contributed by atoms with van der Waals surface area (Å²) in [6.45, 7) is 0. The standard InChI is InChI=1S/C16H23NO3/c1-20-15-8-6-12(11-4-2-3-5-11)10-13(15)14(17)7-9-16(18)19/h6,8,10-11,14H,2-5,7,9,17H2,1H3,(H,18,19). The molecule has 1 aliphatic carbocycles. The van der Waals surface area contributed by atoms with Crippen LogP contribution in [0, 0.1) is 0 Å². The number of aliphatic carboxylic acids is 1. The Morgan fingerprint density at radius 1 is 1.45 bits per heavy atom. The van der Waals surface area contributed by atoms with Gasteiger partial charge in [0.1, 0.15) is 5.75 Å². The van der Waals surface area contributed by atoms with Crippen molar-refractivity contribution >= 4 is 5.97 Å². The summed E-state index contributed by atoms with van der Waals surface area (Å²) in [5.41, 5.74) is 8.38. The lowest BCUT2D eigenvalue weighted by Crippen LogP contribution is -2.14. The predicted molar refractivity (Wildman–Crippen MR) is 78.0 cm³/mol. The zero-order valence-corrected chi connectivity index (χ0v) is 12.0. The van der Waals surface area contributed by atoms with E-state index in [-0.39, 0.29) is 12.5 Å².